The molecule has 3 aromatic rings. The first kappa shape index (κ1) is 10.8. The Morgan fingerprint density at radius 2 is 2.00 bits per heavy atom. The van der Waals surface area contributed by atoms with E-state index in [0.29, 0.717) is 0 Å². The molecule has 0 aliphatic rings. The minimum absolute atomic E-state index is 0.817. The third-order valence-electron chi connectivity index (χ3n) is 2.96. The standard InChI is InChI=1S/C14H13N3O/c1-9-3-4-10-11(16-9)5-6-13(18-2)14(10)12-7-8-15-17-12/h3-8H,1-2H3,(H,15,17). The van der Waals surface area contributed by atoms with Crippen molar-refractivity contribution in [1.29, 1.82) is 0 Å². The highest BCUT2D eigenvalue weighted by Gasteiger charge is 2.12. The molecule has 0 amide bonds. The molecular formula is C14H13N3O. The summed E-state index contributed by atoms with van der Waals surface area (Å²) < 4.78 is 5.43. The Morgan fingerprint density at radius 1 is 1.11 bits per heavy atom. The zero-order valence-electron chi connectivity index (χ0n) is 10.3. The number of H-pyrrole nitrogens is 1. The number of hydrogen-bond donors (Lipinski definition) is 1. The van der Waals surface area contributed by atoms with Gasteiger partial charge in [0.05, 0.1) is 23.9 Å². The number of aromatic amines is 1. The lowest BCUT2D eigenvalue weighted by atomic mass is 10.0. The third kappa shape index (κ3) is 1.62. The first-order valence-electron chi connectivity index (χ1n) is 5.73. The third-order valence-corrected chi connectivity index (χ3v) is 2.96. The average molecular weight is 239 g/mol. The van der Waals surface area contributed by atoms with Crippen LogP contribution in [0.2, 0.25) is 0 Å². The second-order valence-corrected chi connectivity index (χ2v) is 4.13. The summed E-state index contributed by atoms with van der Waals surface area (Å²) in [6, 6.07) is 9.90. The fourth-order valence-electron chi connectivity index (χ4n) is 2.13. The lowest BCUT2D eigenvalue weighted by Gasteiger charge is -2.10. The number of nitrogens with zero attached hydrogens (tertiary/aromatic N) is 2. The van der Waals surface area contributed by atoms with Crippen LogP contribution < -0.4 is 4.74 Å². The van der Waals surface area contributed by atoms with E-state index in [2.05, 4.69) is 21.2 Å². The number of nitrogens with one attached hydrogen (secondary N) is 1. The number of benzene rings is 1. The smallest absolute Gasteiger partial charge is 0.128 e. The van der Waals surface area contributed by atoms with Crippen LogP contribution in [0.3, 0.4) is 0 Å². The maximum absolute atomic E-state index is 5.43. The molecule has 4 heteroatoms. The normalized spacial score (nSPS) is 10.8. The van der Waals surface area contributed by atoms with Gasteiger partial charge in [0.2, 0.25) is 0 Å². The molecule has 0 saturated carbocycles. The van der Waals surface area contributed by atoms with Gasteiger partial charge in [-0.3, -0.25) is 10.1 Å². The summed E-state index contributed by atoms with van der Waals surface area (Å²) in [6.45, 7) is 1.99. The quantitative estimate of drug-likeness (QED) is 0.748. The van der Waals surface area contributed by atoms with Crippen LogP contribution in [0, 0.1) is 6.92 Å². The molecule has 0 fully saturated rings. The van der Waals surface area contributed by atoms with Gasteiger partial charge >= 0.3 is 0 Å². The number of hydrogen-bond acceptors (Lipinski definition) is 3. The second-order valence-electron chi connectivity index (χ2n) is 4.13. The number of ether oxygens (including phenoxy) is 1. The largest absolute Gasteiger partial charge is 0.496 e. The summed E-state index contributed by atoms with van der Waals surface area (Å²) >= 11 is 0. The molecule has 0 spiro atoms. The molecule has 0 atom stereocenters. The summed E-state index contributed by atoms with van der Waals surface area (Å²) in [5.74, 6) is 0.817. The summed E-state index contributed by atoms with van der Waals surface area (Å²) in [7, 11) is 1.67. The number of aryl methyl sites for hydroxylation is 1. The average Bonchev–Trinajstić information content (AvgIpc) is 2.90. The van der Waals surface area contributed by atoms with Crippen molar-refractivity contribution in [3.63, 3.8) is 0 Å². The van der Waals surface area contributed by atoms with Gasteiger partial charge < -0.3 is 4.74 Å². The molecule has 1 aromatic carbocycles. The lowest BCUT2D eigenvalue weighted by molar-refractivity contribution is 0.417. The van der Waals surface area contributed by atoms with Crippen LogP contribution in [0.5, 0.6) is 5.75 Å². The molecule has 1 N–H and O–H groups in total. The van der Waals surface area contributed by atoms with Crippen LogP contribution in [0.4, 0.5) is 0 Å². The first-order valence-corrected chi connectivity index (χ1v) is 5.73. The molecule has 0 aliphatic carbocycles. The Kier molecular flexibility index (Phi) is 2.48. The highest BCUT2D eigenvalue weighted by molar-refractivity contribution is 5.97. The molecule has 2 aromatic heterocycles. The Morgan fingerprint density at radius 3 is 2.72 bits per heavy atom. The van der Waals surface area contributed by atoms with Crippen molar-refractivity contribution in [2.24, 2.45) is 0 Å². The van der Waals surface area contributed by atoms with Gasteiger partial charge in [-0.1, -0.05) is 6.07 Å². The van der Waals surface area contributed by atoms with E-state index in [1.54, 1.807) is 13.3 Å². The number of aromatic nitrogens is 3. The summed E-state index contributed by atoms with van der Waals surface area (Å²) in [4.78, 5) is 4.53. The SMILES string of the molecule is COc1ccc2nc(C)ccc2c1-c1ccn[nH]1. The molecule has 4 nitrogen and oxygen atoms in total. The Hall–Kier alpha value is -2.36. The van der Waals surface area contributed by atoms with Crippen molar-refractivity contribution in [2.75, 3.05) is 7.11 Å². The van der Waals surface area contributed by atoms with E-state index in [9.17, 15) is 0 Å². The number of rotatable bonds is 2. The molecule has 0 saturated heterocycles. The van der Waals surface area contributed by atoms with E-state index in [-0.39, 0.29) is 0 Å². The minimum Gasteiger partial charge on any atom is -0.496 e. The van der Waals surface area contributed by atoms with Gasteiger partial charge in [0.25, 0.3) is 0 Å². The molecule has 3 rings (SSSR count). The molecular weight excluding hydrogens is 226 g/mol. The van der Waals surface area contributed by atoms with E-state index >= 15 is 0 Å². The van der Waals surface area contributed by atoms with E-state index in [0.717, 1.165) is 33.6 Å². The van der Waals surface area contributed by atoms with Crippen molar-refractivity contribution in [1.82, 2.24) is 15.2 Å². The molecule has 0 unspecified atom stereocenters. The van der Waals surface area contributed by atoms with Crippen LogP contribution in [-0.4, -0.2) is 22.3 Å². The number of methoxy groups -OCH3 is 1. The monoisotopic (exact) mass is 239 g/mol. The molecule has 90 valence electrons. The van der Waals surface area contributed by atoms with Crippen LogP contribution in [0.25, 0.3) is 22.2 Å². The van der Waals surface area contributed by atoms with Gasteiger partial charge in [-0.05, 0) is 31.2 Å². The van der Waals surface area contributed by atoms with E-state index in [1.807, 2.05) is 31.2 Å². The highest BCUT2D eigenvalue weighted by Crippen LogP contribution is 2.35. The van der Waals surface area contributed by atoms with E-state index in [4.69, 9.17) is 4.74 Å². The van der Waals surface area contributed by atoms with E-state index < -0.39 is 0 Å². The summed E-state index contributed by atoms with van der Waals surface area (Å²) in [5, 5.41) is 8.03. The van der Waals surface area contributed by atoms with Crippen LogP contribution in [0.15, 0.2) is 36.5 Å². The Balaban J connectivity index is 2.38. The van der Waals surface area contributed by atoms with Gasteiger partial charge in [-0.15, -0.1) is 0 Å². The van der Waals surface area contributed by atoms with Crippen LogP contribution in [0.1, 0.15) is 5.69 Å². The van der Waals surface area contributed by atoms with Crippen molar-refractivity contribution in [3.05, 3.63) is 42.2 Å². The van der Waals surface area contributed by atoms with Gasteiger partial charge in [0, 0.05) is 17.3 Å². The molecule has 18 heavy (non-hydrogen) atoms. The zero-order chi connectivity index (χ0) is 12.5. The van der Waals surface area contributed by atoms with Gasteiger partial charge in [-0.2, -0.15) is 5.10 Å². The summed E-state index contributed by atoms with van der Waals surface area (Å²) in [5.41, 5.74) is 3.90. The maximum Gasteiger partial charge on any atom is 0.128 e. The Labute approximate surface area is 105 Å². The predicted molar refractivity (Wildman–Crippen MR) is 70.6 cm³/mol. The van der Waals surface area contributed by atoms with Gasteiger partial charge in [-0.25, -0.2) is 0 Å². The molecule has 2 heterocycles. The van der Waals surface area contributed by atoms with Gasteiger partial charge in [0.15, 0.2) is 0 Å². The fourth-order valence-corrected chi connectivity index (χ4v) is 2.13. The maximum atomic E-state index is 5.43. The lowest BCUT2D eigenvalue weighted by Crippen LogP contribution is -1.92. The fraction of sp³-hybridized carbons (Fsp3) is 0.143. The molecule has 0 aliphatic heterocycles. The van der Waals surface area contributed by atoms with Crippen LogP contribution >= 0.6 is 0 Å². The topological polar surface area (TPSA) is 50.8 Å². The molecule has 0 bridgehead atoms. The number of fused-ring (bicyclic) bond motifs is 1. The van der Waals surface area contributed by atoms with Crippen LogP contribution in [-0.2, 0) is 0 Å². The predicted octanol–water partition coefficient (Wildman–Crippen LogP) is 2.94. The van der Waals surface area contributed by atoms with Crippen molar-refractivity contribution in [3.8, 4) is 17.0 Å². The number of pyridine rings is 1. The minimum atomic E-state index is 0.817. The van der Waals surface area contributed by atoms with Crippen molar-refractivity contribution < 1.29 is 4.74 Å². The summed E-state index contributed by atoms with van der Waals surface area (Å²) in [6.07, 6.45) is 1.73. The zero-order valence-corrected chi connectivity index (χ0v) is 10.3. The second kappa shape index (κ2) is 4.14. The Bertz CT molecular complexity index is 690. The van der Waals surface area contributed by atoms with Crippen molar-refractivity contribution in [2.45, 2.75) is 6.92 Å². The van der Waals surface area contributed by atoms with E-state index in [1.165, 1.54) is 0 Å². The first-order chi connectivity index (χ1) is 8.79. The molecule has 0 radical (unpaired) electrons. The van der Waals surface area contributed by atoms with Crippen molar-refractivity contribution >= 4 is 10.9 Å². The van der Waals surface area contributed by atoms with Gasteiger partial charge in [0.1, 0.15) is 5.75 Å². The highest BCUT2D eigenvalue weighted by atomic mass is 16.5.